The summed E-state index contributed by atoms with van der Waals surface area (Å²) in [6, 6.07) is 8.23. The van der Waals surface area contributed by atoms with Crippen LogP contribution in [0.5, 0.6) is 0 Å². The molecule has 3 rings (SSSR count). The molecular formula is C18H19NO5. The second-order valence-corrected chi connectivity index (χ2v) is 5.98. The van der Waals surface area contributed by atoms with Crippen LogP contribution in [0.3, 0.4) is 0 Å². The predicted molar refractivity (Wildman–Crippen MR) is 84.9 cm³/mol. The van der Waals surface area contributed by atoms with Crippen LogP contribution < -0.4 is 0 Å². The normalized spacial score (nSPS) is 25.3. The van der Waals surface area contributed by atoms with E-state index in [2.05, 4.69) is 0 Å². The molecule has 0 saturated carbocycles. The minimum absolute atomic E-state index is 0.0314. The Hall–Kier alpha value is -2.63. The Kier molecular flexibility index (Phi) is 4.64. The van der Waals surface area contributed by atoms with Crippen molar-refractivity contribution in [1.82, 2.24) is 4.90 Å². The number of ketones is 1. The number of likely N-dealkylation sites (tertiary alicyclic amines) is 1. The number of carbonyl (C=O) groups is 3. The summed E-state index contributed by atoms with van der Waals surface area (Å²) >= 11 is 0. The SMILES string of the molecule is COC(=O)[C@@H]1C[C@@H]2C=CC(=O)C[C@H]2N1C(=O)OCc1ccccc1. The lowest BCUT2D eigenvalue weighted by molar-refractivity contribution is -0.146. The van der Waals surface area contributed by atoms with Gasteiger partial charge in [-0.05, 0) is 18.1 Å². The van der Waals surface area contributed by atoms with Gasteiger partial charge < -0.3 is 9.47 Å². The molecule has 1 saturated heterocycles. The third-order valence-electron chi connectivity index (χ3n) is 4.51. The maximum absolute atomic E-state index is 12.6. The number of ether oxygens (including phenoxy) is 2. The fourth-order valence-corrected chi connectivity index (χ4v) is 3.33. The van der Waals surface area contributed by atoms with Gasteiger partial charge >= 0.3 is 12.1 Å². The topological polar surface area (TPSA) is 72.9 Å². The highest BCUT2D eigenvalue weighted by Crippen LogP contribution is 2.36. The van der Waals surface area contributed by atoms with E-state index in [4.69, 9.17) is 9.47 Å². The van der Waals surface area contributed by atoms with E-state index >= 15 is 0 Å². The van der Waals surface area contributed by atoms with Gasteiger partial charge in [0.15, 0.2) is 5.78 Å². The summed E-state index contributed by atoms with van der Waals surface area (Å²) in [7, 11) is 1.29. The van der Waals surface area contributed by atoms with Crippen molar-refractivity contribution in [1.29, 1.82) is 0 Å². The van der Waals surface area contributed by atoms with Gasteiger partial charge in [-0.15, -0.1) is 0 Å². The summed E-state index contributed by atoms with van der Waals surface area (Å²) in [4.78, 5) is 37.7. The van der Waals surface area contributed by atoms with Crippen LogP contribution in [0, 0.1) is 5.92 Å². The number of fused-ring (bicyclic) bond motifs is 1. The van der Waals surface area contributed by atoms with E-state index in [1.807, 2.05) is 30.3 Å². The Labute approximate surface area is 140 Å². The Morgan fingerprint density at radius 3 is 2.71 bits per heavy atom. The van der Waals surface area contributed by atoms with Gasteiger partial charge in [0.1, 0.15) is 12.6 Å². The lowest BCUT2D eigenvalue weighted by Crippen LogP contribution is -2.47. The molecule has 3 atom stereocenters. The van der Waals surface area contributed by atoms with Gasteiger partial charge in [-0.1, -0.05) is 36.4 Å². The number of amides is 1. The Morgan fingerprint density at radius 1 is 1.25 bits per heavy atom. The molecule has 1 aliphatic heterocycles. The molecule has 0 spiro atoms. The zero-order chi connectivity index (χ0) is 17.1. The minimum Gasteiger partial charge on any atom is -0.467 e. The van der Waals surface area contributed by atoms with Gasteiger partial charge in [0.25, 0.3) is 0 Å². The average molecular weight is 329 g/mol. The quantitative estimate of drug-likeness (QED) is 0.794. The summed E-state index contributed by atoms with van der Waals surface area (Å²) in [5.41, 5.74) is 0.857. The zero-order valence-corrected chi connectivity index (χ0v) is 13.4. The van der Waals surface area contributed by atoms with E-state index < -0.39 is 18.1 Å². The molecule has 1 heterocycles. The number of rotatable bonds is 3. The van der Waals surface area contributed by atoms with Crippen LogP contribution in [-0.2, 0) is 25.7 Å². The van der Waals surface area contributed by atoms with Crippen molar-refractivity contribution in [2.24, 2.45) is 5.92 Å². The van der Waals surface area contributed by atoms with Gasteiger partial charge in [0, 0.05) is 18.4 Å². The molecule has 24 heavy (non-hydrogen) atoms. The monoisotopic (exact) mass is 329 g/mol. The van der Waals surface area contributed by atoms with Crippen molar-refractivity contribution >= 4 is 17.8 Å². The molecule has 0 aromatic heterocycles. The summed E-state index contributed by atoms with van der Waals surface area (Å²) < 4.78 is 10.2. The molecule has 1 amide bonds. The van der Waals surface area contributed by atoms with Crippen molar-refractivity contribution in [2.75, 3.05) is 7.11 Å². The van der Waals surface area contributed by atoms with Crippen molar-refractivity contribution < 1.29 is 23.9 Å². The van der Waals surface area contributed by atoms with Gasteiger partial charge in [-0.2, -0.15) is 0 Å². The van der Waals surface area contributed by atoms with Crippen LogP contribution in [0.4, 0.5) is 4.79 Å². The standard InChI is InChI=1S/C18H19NO5/c1-23-17(21)16-9-13-7-8-14(20)10-15(13)19(16)18(22)24-11-12-5-3-2-4-6-12/h2-8,13,15-16H,9-11H2,1H3/t13-,15+,16-/m0/s1. The van der Waals surface area contributed by atoms with Crippen molar-refractivity contribution in [2.45, 2.75) is 31.5 Å². The number of hydrogen-bond donors (Lipinski definition) is 0. The van der Waals surface area contributed by atoms with E-state index in [0.717, 1.165) is 5.56 Å². The maximum Gasteiger partial charge on any atom is 0.411 e. The molecule has 0 N–H and O–H groups in total. The number of benzene rings is 1. The highest BCUT2D eigenvalue weighted by molar-refractivity contribution is 5.92. The van der Waals surface area contributed by atoms with Crippen LogP contribution in [0.1, 0.15) is 18.4 Å². The Balaban J connectivity index is 1.76. The summed E-state index contributed by atoms with van der Waals surface area (Å²) in [6.07, 6.45) is 3.35. The molecule has 0 radical (unpaired) electrons. The van der Waals surface area contributed by atoms with Crippen LogP contribution in [-0.4, -0.2) is 41.9 Å². The molecule has 126 valence electrons. The molecule has 1 aliphatic carbocycles. The van der Waals surface area contributed by atoms with Gasteiger partial charge in [-0.3, -0.25) is 9.69 Å². The van der Waals surface area contributed by atoms with Crippen LogP contribution in [0.2, 0.25) is 0 Å². The van der Waals surface area contributed by atoms with E-state index in [-0.39, 0.29) is 30.8 Å². The van der Waals surface area contributed by atoms with Crippen LogP contribution in [0.15, 0.2) is 42.5 Å². The molecule has 0 bridgehead atoms. The smallest absolute Gasteiger partial charge is 0.411 e. The highest BCUT2D eigenvalue weighted by Gasteiger charge is 2.49. The number of hydrogen-bond acceptors (Lipinski definition) is 5. The van der Waals surface area contributed by atoms with Crippen molar-refractivity contribution in [3.63, 3.8) is 0 Å². The van der Waals surface area contributed by atoms with E-state index in [1.54, 1.807) is 6.08 Å². The molecule has 1 aromatic carbocycles. The highest BCUT2D eigenvalue weighted by atomic mass is 16.6. The fourth-order valence-electron chi connectivity index (χ4n) is 3.33. The zero-order valence-electron chi connectivity index (χ0n) is 13.4. The molecule has 1 fully saturated rings. The Bertz CT molecular complexity index is 669. The van der Waals surface area contributed by atoms with E-state index in [0.29, 0.717) is 6.42 Å². The first-order valence-electron chi connectivity index (χ1n) is 7.88. The summed E-state index contributed by atoms with van der Waals surface area (Å²) in [6.45, 7) is 0.116. The molecule has 0 unspecified atom stereocenters. The third-order valence-corrected chi connectivity index (χ3v) is 4.51. The van der Waals surface area contributed by atoms with Crippen molar-refractivity contribution in [3.8, 4) is 0 Å². The lowest BCUT2D eigenvalue weighted by Gasteiger charge is -2.30. The van der Waals surface area contributed by atoms with Crippen LogP contribution in [0.25, 0.3) is 0 Å². The Morgan fingerprint density at radius 2 is 2.00 bits per heavy atom. The molecular weight excluding hydrogens is 310 g/mol. The summed E-state index contributed by atoms with van der Waals surface area (Å²) in [5.74, 6) is -0.569. The van der Waals surface area contributed by atoms with E-state index in [9.17, 15) is 14.4 Å². The minimum atomic E-state index is -0.719. The molecule has 6 heteroatoms. The first-order valence-corrected chi connectivity index (χ1v) is 7.88. The number of methoxy groups -OCH3 is 1. The molecule has 1 aromatic rings. The summed E-state index contributed by atoms with van der Waals surface area (Å²) in [5, 5.41) is 0. The number of allylic oxidation sites excluding steroid dienone is 1. The first-order chi connectivity index (χ1) is 11.6. The predicted octanol–water partition coefficient (Wildman–Crippen LogP) is 2.08. The van der Waals surface area contributed by atoms with Crippen LogP contribution >= 0.6 is 0 Å². The number of esters is 1. The average Bonchev–Trinajstić information content (AvgIpc) is 2.98. The first kappa shape index (κ1) is 16.2. The van der Waals surface area contributed by atoms with Gasteiger partial charge in [0.2, 0.25) is 0 Å². The van der Waals surface area contributed by atoms with Crippen molar-refractivity contribution in [3.05, 3.63) is 48.0 Å². The lowest BCUT2D eigenvalue weighted by atomic mass is 9.90. The van der Waals surface area contributed by atoms with Gasteiger partial charge in [-0.25, -0.2) is 9.59 Å². The van der Waals surface area contributed by atoms with Gasteiger partial charge in [0.05, 0.1) is 7.11 Å². The second kappa shape index (κ2) is 6.86. The molecule has 2 aliphatic rings. The number of carbonyl (C=O) groups excluding carboxylic acids is 3. The fraction of sp³-hybridized carbons (Fsp3) is 0.389. The molecule has 6 nitrogen and oxygen atoms in total. The van der Waals surface area contributed by atoms with E-state index in [1.165, 1.54) is 18.1 Å². The maximum atomic E-state index is 12.6. The largest absolute Gasteiger partial charge is 0.467 e. The number of nitrogens with zero attached hydrogens (tertiary/aromatic N) is 1. The second-order valence-electron chi connectivity index (χ2n) is 5.98. The third kappa shape index (κ3) is 3.18.